The number of aromatic nitrogens is 1. The van der Waals surface area contributed by atoms with Crippen LogP contribution >= 0.6 is 0 Å². The minimum Gasteiger partial charge on any atom is -0.417 e. The summed E-state index contributed by atoms with van der Waals surface area (Å²) in [5, 5.41) is 2.48. The van der Waals surface area contributed by atoms with Gasteiger partial charge in [-0.2, -0.15) is 0 Å². The predicted molar refractivity (Wildman–Crippen MR) is 322 cm³/mol. The van der Waals surface area contributed by atoms with Crippen molar-refractivity contribution in [1.29, 1.82) is 0 Å². The van der Waals surface area contributed by atoms with Gasteiger partial charge in [0.05, 0.1) is 18.3 Å². The van der Waals surface area contributed by atoms with Crippen LogP contribution in [0.4, 0.5) is 0 Å². The van der Waals surface area contributed by atoms with Crippen molar-refractivity contribution in [1.82, 2.24) is 4.98 Å². The van der Waals surface area contributed by atoms with Crippen LogP contribution in [0.2, 0.25) is 59.4 Å². The number of Topliss-reactive ketones (excluding diaryl/α,β-unsaturated/α-hetero) is 1. The lowest BCUT2D eigenvalue weighted by Gasteiger charge is -2.47. The molecule has 0 radical (unpaired) electrons. The maximum absolute atomic E-state index is 15.4. The summed E-state index contributed by atoms with van der Waals surface area (Å²) in [7, 11) is -9.41. The molecule has 2 aromatic carbocycles. The van der Waals surface area contributed by atoms with Crippen LogP contribution in [0.15, 0.2) is 102 Å². The van der Waals surface area contributed by atoms with E-state index < -0.39 is 38.7 Å². The smallest absolute Gasteiger partial charge is 0.261 e. The van der Waals surface area contributed by atoms with Gasteiger partial charge < -0.3 is 17.7 Å². The number of nitrogens with zero attached hydrogens (tertiary/aromatic N) is 1. The van der Waals surface area contributed by atoms with Crippen LogP contribution in [0.1, 0.15) is 162 Å². The van der Waals surface area contributed by atoms with E-state index in [-0.39, 0.29) is 56.1 Å². The molecule has 404 valence electrons. The van der Waals surface area contributed by atoms with Gasteiger partial charge in [-0.05, 0) is 139 Å². The molecule has 5 atom stereocenters. The summed E-state index contributed by atoms with van der Waals surface area (Å²) >= 11 is 0. The molecule has 10 heteroatoms. The maximum atomic E-state index is 15.4. The molecule has 0 amide bonds. The second-order valence-electron chi connectivity index (χ2n) is 27.6. The quantitative estimate of drug-likeness (QED) is 0.0622. The molecular weight excluding hydrogens is 951 g/mol. The van der Waals surface area contributed by atoms with Crippen molar-refractivity contribution in [2.24, 2.45) is 17.3 Å². The van der Waals surface area contributed by atoms with E-state index in [1.807, 2.05) is 18.5 Å². The van der Waals surface area contributed by atoms with Gasteiger partial charge in [0, 0.05) is 30.3 Å². The van der Waals surface area contributed by atoms with Gasteiger partial charge in [0.1, 0.15) is 5.78 Å². The minimum atomic E-state index is -2.87. The predicted octanol–water partition coefficient (Wildman–Crippen LogP) is 17.0. The molecule has 0 aliphatic rings. The largest absolute Gasteiger partial charge is 0.417 e. The van der Waals surface area contributed by atoms with Crippen LogP contribution in [0.5, 0.6) is 0 Å². The van der Waals surface area contributed by atoms with Crippen molar-refractivity contribution >= 4 is 55.5 Å². The fraction of sp³-hybridized carbons (Fsp3) is 0.645. The van der Waals surface area contributed by atoms with Crippen molar-refractivity contribution in [2.75, 3.05) is 6.61 Å². The number of carbonyl (C=O) groups excluding carboxylic acids is 1. The molecule has 1 aromatic heterocycles. The zero-order chi connectivity index (χ0) is 54.9. The standard InChI is InChI=1S/C62H105NO5Si4/c1-47(40-41-54(49(3)45-51-35-32-43-63-46-51)66-72(61(14,15)16,52-36-27-25-28-37-52)53-38-29-26-30-39-53)33-31-34-48(2)56(68-71(23,24)60(11,12)13)50(4)57(64)62(17,18)55(67-70(21,22)59(8,9)10)42-44-65-69(19,20)58(5,6)7/h25-30,32,35-40,43,45-46,48,50,54-56H,31,33-34,41-42,44H2,1-24H3/t48-,50+,54-,55-,56-/m0/s1. The molecule has 0 spiro atoms. The van der Waals surface area contributed by atoms with Crippen LogP contribution < -0.4 is 10.4 Å². The Morgan fingerprint density at radius 2 is 1.12 bits per heavy atom. The van der Waals surface area contributed by atoms with Gasteiger partial charge in [-0.15, -0.1) is 0 Å². The monoisotopic (exact) mass is 1060 g/mol. The zero-order valence-electron chi connectivity index (χ0n) is 50.4. The van der Waals surface area contributed by atoms with Crippen LogP contribution in [0, 0.1) is 17.3 Å². The second kappa shape index (κ2) is 25.1. The Labute approximate surface area is 446 Å². The number of ketones is 1. The SMILES string of the molecule is CC(=CC[C@H](O[Si](c1ccccc1)(c1ccccc1)C(C)(C)C)C(C)=Cc1cccnc1)CCC[C@H](C)[C@H](O[Si](C)(C)C(C)(C)C)[C@@H](C)C(=O)C(C)(C)[C@H](CCO[Si](C)(C)C(C)(C)C)O[Si](C)(C)C(C)(C)C. The number of rotatable bonds is 25. The van der Waals surface area contributed by atoms with Crippen LogP contribution in [0.25, 0.3) is 6.08 Å². The summed E-state index contributed by atoms with van der Waals surface area (Å²) in [6.07, 6.45) is 12.1. The molecule has 0 unspecified atom stereocenters. The highest BCUT2D eigenvalue weighted by Gasteiger charge is 2.52. The maximum Gasteiger partial charge on any atom is 0.261 e. The molecule has 0 aliphatic heterocycles. The number of pyridine rings is 1. The number of benzene rings is 2. The van der Waals surface area contributed by atoms with Crippen molar-refractivity contribution in [3.05, 3.63) is 108 Å². The molecule has 3 aromatic rings. The number of hydrogen-bond donors (Lipinski definition) is 0. The lowest BCUT2D eigenvalue weighted by atomic mass is 9.73. The molecule has 0 N–H and O–H groups in total. The van der Waals surface area contributed by atoms with Crippen molar-refractivity contribution in [3.63, 3.8) is 0 Å². The van der Waals surface area contributed by atoms with E-state index in [2.05, 4.69) is 248 Å². The first-order valence-electron chi connectivity index (χ1n) is 27.4. The second-order valence-corrected chi connectivity index (χ2v) is 46.2. The van der Waals surface area contributed by atoms with Gasteiger partial charge in [-0.25, -0.2) is 0 Å². The lowest BCUT2D eigenvalue weighted by Crippen LogP contribution is -2.67. The molecule has 0 fully saturated rings. The number of hydrogen-bond acceptors (Lipinski definition) is 6. The van der Waals surface area contributed by atoms with Gasteiger partial charge in [-0.1, -0.05) is 195 Å². The fourth-order valence-electron chi connectivity index (χ4n) is 9.19. The Hall–Kier alpha value is -2.55. The van der Waals surface area contributed by atoms with E-state index >= 15 is 4.79 Å². The molecular formula is C62H105NO5Si4. The third-order valence-electron chi connectivity index (χ3n) is 17.3. The van der Waals surface area contributed by atoms with Crippen LogP contribution in [-0.2, 0) is 22.5 Å². The van der Waals surface area contributed by atoms with Gasteiger partial charge in [0.2, 0.25) is 0 Å². The van der Waals surface area contributed by atoms with Gasteiger partial charge in [-0.3, -0.25) is 9.78 Å². The number of allylic oxidation sites excluding steroid dienone is 1. The minimum absolute atomic E-state index is 0.00223. The highest BCUT2D eigenvalue weighted by molar-refractivity contribution is 6.99. The van der Waals surface area contributed by atoms with E-state index in [1.54, 1.807) is 0 Å². The molecule has 0 saturated carbocycles. The van der Waals surface area contributed by atoms with E-state index in [4.69, 9.17) is 17.7 Å². The molecule has 0 aliphatic carbocycles. The van der Waals surface area contributed by atoms with Gasteiger partial charge >= 0.3 is 0 Å². The Kier molecular flexibility index (Phi) is 22.2. The fourth-order valence-corrected chi connectivity index (χ4v) is 17.9. The van der Waals surface area contributed by atoms with Crippen LogP contribution in [-0.4, -0.2) is 69.0 Å². The molecule has 0 bridgehead atoms. The first-order valence-corrected chi connectivity index (χ1v) is 38.0. The van der Waals surface area contributed by atoms with E-state index in [9.17, 15) is 0 Å². The normalized spacial score (nSPS) is 16.6. The average molecular weight is 1060 g/mol. The molecule has 3 rings (SSSR count). The molecule has 1 heterocycles. The van der Waals surface area contributed by atoms with Gasteiger partial charge in [0.25, 0.3) is 8.32 Å². The van der Waals surface area contributed by atoms with E-state index in [1.165, 1.54) is 21.5 Å². The summed E-state index contributed by atoms with van der Waals surface area (Å²) in [6, 6.07) is 26.0. The van der Waals surface area contributed by atoms with Crippen molar-refractivity contribution < 1.29 is 22.5 Å². The van der Waals surface area contributed by atoms with Crippen molar-refractivity contribution in [3.8, 4) is 0 Å². The summed E-state index contributed by atoms with van der Waals surface area (Å²) in [4.78, 5) is 19.8. The topological polar surface area (TPSA) is 66.9 Å². The Morgan fingerprint density at radius 3 is 1.58 bits per heavy atom. The summed E-state index contributed by atoms with van der Waals surface area (Å²) in [5.41, 5.74) is 2.85. The molecule has 6 nitrogen and oxygen atoms in total. The zero-order valence-corrected chi connectivity index (χ0v) is 54.4. The highest BCUT2D eigenvalue weighted by atomic mass is 28.4. The van der Waals surface area contributed by atoms with Crippen molar-refractivity contribution in [2.45, 2.75) is 234 Å². The summed E-state index contributed by atoms with van der Waals surface area (Å²) < 4.78 is 29.3. The summed E-state index contributed by atoms with van der Waals surface area (Å²) in [6.45, 7) is 55.4. The van der Waals surface area contributed by atoms with E-state index in [0.717, 1.165) is 31.2 Å². The Morgan fingerprint density at radius 1 is 0.625 bits per heavy atom. The molecule has 72 heavy (non-hydrogen) atoms. The Bertz CT molecular complexity index is 2150. The summed E-state index contributed by atoms with van der Waals surface area (Å²) in [5.74, 6) is 0.0765. The Balaban J connectivity index is 1.99. The van der Waals surface area contributed by atoms with Crippen LogP contribution in [0.3, 0.4) is 0 Å². The first kappa shape index (κ1) is 63.7. The third kappa shape index (κ3) is 16.5. The van der Waals surface area contributed by atoms with Gasteiger partial charge in [0.15, 0.2) is 25.0 Å². The lowest BCUT2D eigenvalue weighted by molar-refractivity contribution is -0.141. The first-order chi connectivity index (χ1) is 32.8. The average Bonchev–Trinajstić information content (AvgIpc) is 3.26. The third-order valence-corrected chi connectivity index (χ3v) is 35.8. The molecule has 0 saturated heterocycles. The number of carbonyl (C=O) groups is 1. The highest BCUT2D eigenvalue weighted by Crippen LogP contribution is 2.45. The van der Waals surface area contributed by atoms with E-state index in [0.29, 0.717) is 13.0 Å².